The van der Waals surface area contributed by atoms with Crippen molar-refractivity contribution in [3.8, 4) is 0 Å². The minimum atomic E-state index is -2.93. The largest absolute Gasteiger partial charge is 0.466 e. The van der Waals surface area contributed by atoms with E-state index in [1.54, 1.807) is 6.92 Å². The summed E-state index contributed by atoms with van der Waals surface area (Å²) < 4.78 is 33.7. The lowest BCUT2D eigenvalue weighted by molar-refractivity contribution is -0.185. The summed E-state index contributed by atoms with van der Waals surface area (Å²) in [5.41, 5.74) is 0.717. The van der Waals surface area contributed by atoms with Gasteiger partial charge in [0.25, 0.3) is 8.32 Å². The number of aliphatic hydroxyl groups excluding tert-OH is 1. The molecule has 0 bridgehead atoms. The lowest BCUT2D eigenvalue weighted by atomic mass is 9.73. The Labute approximate surface area is 334 Å². The van der Waals surface area contributed by atoms with E-state index in [1.165, 1.54) is 10.4 Å². The van der Waals surface area contributed by atoms with E-state index in [2.05, 4.69) is 141 Å². The molecule has 3 aromatic rings. The van der Waals surface area contributed by atoms with E-state index >= 15 is 0 Å². The zero-order valence-corrected chi connectivity index (χ0v) is 37.6. The molecular formula is C46H70O7Si2. The van der Waals surface area contributed by atoms with Crippen molar-refractivity contribution in [1.82, 2.24) is 0 Å². The maximum atomic E-state index is 12.4. The van der Waals surface area contributed by atoms with Crippen LogP contribution in [0.15, 0.2) is 91.0 Å². The van der Waals surface area contributed by atoms with E-state index in [1.807, 2.05) is 18.2 Å². The summed E-state index contributed by atoms with van der Waals surface area (Å²) in [5, 5.41) is 13.5. The van der Waals surface area contributed by atoms with Gasteiger partial charge in [-0.1, -0.05) is 146 Å². The molecule has 3 aromatic carbocycles. The average Bonchev–Trinajstić information content (AvgIpc) is 3.11. The first-order valence-electron chi connectivity index (χ1n) is 20.4. The maximum absolute atomic E-state index is 12.4. The second-order valence-corrected chi connectivity index (χ2v) is 27.5. The van der Waals surface area contributed by atoms with Crippen LogP contribution in [0.2, 0.25) is 23.2 Å². The number of esters is 1. The molecule has 5 atom stereocenters. The van der Waals surface area contributed by atoms with Crippen LogP contribution in [-0.2, 0) is 34.5 Å². The van der Waals surface area contributed by atoms with Crippen LogP contribution in [0, 0.1) is 5.41 Å². The van der Waals surface area contributed by atoms with E-state index in [4.69, 9.17) is 23.1 Å². The van der Waals surface area contributed by atoms with Gasteiger partial charge >= 0.3 is 5.97 Å². The van der Waals surface area contributed by atoms with Gasteiger partial charge in [0.05, 0.1) is 50.2 Å². The summed E-state index contributed by atoms with van der Waals surface area (Å²) in [7, 11) is -5.13. The molecule has 9 heteroatoms. The Morgan fingerprint density at radius 3 is 1.91 bits per heavy atom. The topological polar surface area (TPSA) is 83.5 Å². The summed E-state index contributed by atoms with van der Waals surface area (Å²) in [6, 6.07) is 31.8. The number of carbonyl (C=O) groups excluding carboxylic acids is 1. The van der Waals surface area contributed by atoms with Crippen LogP contribution in [0.3, 0.4) is 0 Å². The Kier molecular flexibility index (Phi) is 15.7. The molecule has 1 N–H and O–H groups in total. The average molecular weight is 791 g/mol. The van der Waals surface area contributed by atoms with Gasteiger partial charge in [-0.05, 0) is 65.3 Å². The molecule has 4 rings (SSSR count). The first kappa shape index (κ1) is 45.1. The minimum absolute atomic E-state index is 0.0147. The molecule has 0 radical (unpaired) electrons. The van der Waals surface area contributed by atoms with Crippen molar-refractivity contribution in [3.63, 3.8) is 0 Å². The summed E-state index contributed by atoms with van der Waals surface area (Å²) >= 11 is 0. The predicted molar refractivity (Wildman–Crippen MR) is 229 cm³/mol. The highest BCUT2D eigenvalue weighted by Gasteiger charge is 2.53. The standard InChI is InChI=1S/C46H70O7Si2/c1-12-50-43(48)31-36(47)30-41-46(8,9)42(53-54(10,11)44(2,3)4)33-38(51-41)32-37(28-29-49-34-35-22-16-13-17-23-35)52-55(45(5,6)7,39-24-18-14-19-25-39)40-26-20-15-21-27-40/h13-27,36-38,41-42,47H,12,28-34H2,1-11H3/t36-,37+,38-,41+,42+/m1/s1. The highest BCUT2D eigenvalue weighted by Crippen LogP contribution is 2.47. The number of carbonyl (C=O) groups is 1. The summed E-state index contributed by atoms with van der Waals surface area (Å²) in [4.78, 5) is 12.4. The zero-order valence-electron chi connectivity index (χ0n) is 35.6. The van der Waals surface area contributed by atoms with Crippen molar-refractivity contribution in [2.45, 2.75) is 155 Å². The fraction of sp³-hybridized carbons (Fsp3) is 0.587. The second kappa shape index (κ2) is 19.2. The Morgan fingerprint density at radius 2 is 1.40 bits per heavy atom. The fourth-order valence-electron chi connectivity index (χ4n) is 7.64. The van der Waals surface area contributed by atoms with Crippen molar-refractivity contribution in [1.29, 1.82) is 0 Å². The molecule has 1 aliphatic rings. The summed E-state index contributed by atoms with van der Waals surface area (Å²) in [6.45, 7) is 25.9. The first-order chi connectivity index (χ1) is 25.8. The fourth-order valence-corrected chi connectivity index (χ4v) is 13.8. The molecule has 0 saturated carbocycles. The number of hydrogen-bond donors (Lipinski definition) is 1. The molecule has 0 unspecified atom stereocenters. The summed E-state index contributed by atoms with van der Waals surface area (Å²) in [6.07, 6.45) is 0.485. The highest BCUT2D eigenvalue weighted by atomic mass is 28.4. The normalized spacial score (nSPS) is 20.5. The van der Waals surface area contributed by atoms with Crippen LogP contribution >= 0.6 is 0 Å². The van der Waals surface area contributed by atoms with Gasteiger partial charge in [-0.25, -0.2) is 0 Å². The van der Waals surface area contributed by atoms with Gasteiger partial charge in [0.2, 0.25) is 0 Å². The molecule has 0 spiro atoms. The number of rotatable bonds is 18. The molecule has 304 valence electrons. The molecule has 7 nitrogen and oxygen atoms in total. The monoisotopic (exact) mass is 790 g/mol. The lowest BCUT2D eigenvalue weighted by Gasteiger charge is -2.52. The van der Waals surface area contributed by atoms with Crippen LogP contribution in [0.5, 0.6) is 0 Å². The van der Waals surface area contributed by atoms with Crippen molar-refractivity contribution in [2.24, 2.45) is 5.41 Å². The van der Waals surface area contributed by atoms with E-state index in [-0.39, 0.29) is 47.5 Å². The second-order valence-electron chi connectivity index (χ2n) is 18.5. The molecule has 1 heterocycles. The van der Waals surface area contributed by atoms with Gasteiger partial charge in [0, 0.05) is 18.4 Å². The minimum Gasteiger partial charge on any atom is -0.466 e. The highest BCUT2D eigenvalue weighted by molar-refractivity contribution is 6.99. The predicted octanol–water partition coefficient (Wildman–Crippen LogP) is 9.21. The van der Waals surface area contributed by atoms with Crippen LogP contribution in [0.1, 0.15) is 100.0 Å². The number of aliphatic hydroxyl groups is 1. The quantitative estimate of drug-likeness (QED) is 0.0782. The van der Waals surface area contributed by atoms with Gasteiger partial charge < -0.3 is 28.2 Å². The van der Waals surface area contributed by atoms with Crippen molar-refractivity contribution < 1.29 is 33.0 Å². The van der Waals surface area contributed by atoms with E-state index < -0.39 is 34.1 Å². The molecule has 0 aliphatic carbocycles. The zero-order chi connectivity index (χ0) is 40.5. The van der Waals surface area contributed by atoms with Crippen LogP contribution < -0.4 is 10.4 Å². The third-order valence-electron chi connectivity index (χ3n) is 11.9. The van der Waals surface area contributed by atoms with Crippen molar-refractivity contribution in [2.75, 3.05) is 13.2 Å². The third kappa shape index (κ3) is 11.7. The third-order valence-corrected chi connectivity index (χ3v) is 21.5. The Bertz CT molecular complexity index is 1550. The Hall–Kier alpha value is -2.64. The van der Waals surface area contributed by atoms with Crippen LogP contribution in [-0.4, -0.2) is 71.4 Å². The SMILES string of the molecule is CCOC(=O)C[C@H](O)C[C@@H]1O[C@H](C[C@H](CCOCc2ccccc2)O[Si](c2ccccc2)(c2ccccc2)C(C)(C)C)C[C@H](O[Si](C)(C)C(C)(C)C)C1(C)C. The number of hydrogen-bond acceptors (Lipinski definition) is 7. The first-order valence-corrected chi connectivity index (χ1v) is 25.2. The maximum Gasteiger partial charge on any atom is 0.308 e. The van der Waals surface area contributed by atoms with Gasteiger partial charge in [0.1, 0.15) is 0 Å². The van der Waals surface area contributed by atoms with E-state index in [0.717, 1.165) is 5.56 Å². The molecule has 1 fully saturated rings. The van der Waals surface area contributed by atoms with Crippen molar-refractivity contribution in [3.05, 3.63) is 96.6 Å². The number of benzene rings is 3. The van der Waals surface area contributed by atoms with Gasteiger partial charge in [-0.3, -0.25) is 4.79 Å². The van der Waals surface area contributed by atoms with E-state index in [0.29, 0.717) is 38.9 Å². The van der Waals surface area contributed by atoms with Gasteiger partial charge in [-0.2, -0.15) is 0 Å². The molecule has 1 aliphatic heterocycles. The lowest BCUT2D eigenvalue weighted by Crippen LogP contribution is -2.68. The molecule has 0 amide bonds. The molecular weight excluding hydrogens is 721 g/mol. The summed E-state index contributed by atoms with van der Waals surface area (Å²) in [5.74, 6) is -0.400. The van der Waals surface area contributed by atoms with Gasteiger partial charge in [-0.15, -0.1) is 0 Å². The smallest absolute Gasteiger partial charge is 0.308 e. The van der Waals surface area contributed by atoms with Crippen LogP contribution in [0.4, 0.5) is 0 Å². The van der Waals surface area contributed by atoms with Crippen LogP contribution in [0.25, 0.3) is 0 Å². The molecule has 0 aromatic heterocycles. The molecule has 1 saturated heterocycles. The molecule has 55 heavy (non-hydrogen) atoms. The van der Waals surface area contributed by atoms with E-state index in [9.17, 15) is 9.90 Å². The van der Waals surface area contributed by atoms with Gasteiger partial charge in [0.15, 0.2) is 8.32 Å². The Morgan fingerprint density at radius 1 is 0.855 bits per heavy atom. The Balaban J connectivity index is 1.73. The van der Waals surface area contributed by atoms with Crippen molar-refractivity contribution >= 4 is 33.0 Å². The number of ether oxygens (including phenoxy) is 3.